The van der Waals surface area contributed by atoms with Gasteiger partial charge in [0.15, 0.2) is 0 Å². The second-order valence-electron chi connectivity index (χ2n) is 5.89. The third kappa shape index (κ3) is 5.48. The van der Waals surface area contributed by atoms with Crippen LogP contribution in [0.1, 0.15) is 19.3 Å². The Bertz CT molecular complexity index is 495. The van der Waals surface area contributed by atoms with Crippen molar-refractivity contribution in [3.05, 3.63) is 30.1 Å². The number of amides is 1. The van der Waals surface area contributed by atoms with Gasteiger partial charge in [0.2, 0.25) is 5.91 Å². The second kappa shape index (κ2) is 8.84. The van der Waals surface area contributed by atoms with Crippen LogP contribution in [-0.4, -0.2) is 50.3 Å². The average Bonchev–Trinajstić information content (AvgIpc) is 2.98. The Kier molecular flexibility index (Phi) is 6.80. The van der Waals surface area contributed by atoms with Crippen LogP contribution in [0.15, 0.2) is 24.3 Å². The van der Waals surface area contributed by atoms with Crippen LogP contribution in [0.25, 0.3) is 0 Å². The largest absolute Gasteiger partial charge is 0.492 e. The van der Waals surface area contributed by atoms with Crippen LogP contribution in [0.4, 0.5) is 4.39 Å². The molecule has 23 heavy (non-hydrogen) atoms. The molecule has 1 fully saturated rings. The normalized spacial score (nSPS) is 20.5. The van der Waals surface area contributed by atoms with Crippen molar-refractivity contribution in [2.75, 3.05) is 33.4 Å². The van der Waals surface area contributed by atoms with Crippen molar-refractivity contribution in [1.82, 2.24) is 4.90 Å². The first-order valence-electron chi connectivity index (χ1n) is 8.02. The molecule has 1 saturated carbocycles. The molecule has 2 N–H and O–H groups in total. The number of methoxy groups -OCH3 is 1. The Morgan fingerprint density at radius 2 is 1.96 bits per heavy atom. The van der Waals surface area contributed by atoms with Gasteiger partial charge >= 0.3 is 0 Å². The van der Waals surface area contributed by atoms with Crippen molar-refractivity contribution in [2.45, 2.75) is 25.3 Å². The summed E-state index contributed by atoms with van der Waals surface area (Å²) in [6, 6.07) is 5.98. The van der Waals surface area contributed by atoms with E-state index in [1.54, 1.807) is 24.1 Å². The number of benzene rings is 1. The Morgan fingerprint density at radius 1 is 1.26 bits per heavy atom. The van der Waals surface area contributed by atoms with Gasteiger partial charge in [0.1, 0.15) is 18.2 Å². The van der Waals surface area contributed by atoms with Gasteiger partial charge in [-0.25, -0.2) is 4.39 Å². The number of hydrogen-bond acceptors (Lipinski definition) is 4. The number of ether oxygens (including phenoxy) is 2. The molecule has 2 unspecified atom stereocenters. The maximum Gasteiger partial charge on any atom is 0.225 e. The zero-order valence-corrected chi connectivity index (χ0v) is 13.5. The molecule has 0 saturated heterocycles. The summed E-state index contributed by atoms with van der Waals surface area (Å²) >= 11 is 0. The Hall–Kier alpha value is -1.66. The minimum Gasteiger partial charge on any atom is -0.492 e. The average molecular weight is 324 g/mol. The van der Waals surface area contributed by atoms with Crippen LogP contribution in [0.2, 0.25) is 0 Å². The maximum absolute atomic E-state index is 12.9. The SMILES string of the molecule is COCCN(CCOc1ccc(F)cc1)C(=O)C1CCC(N)C1. The third-order valence-electron chi connectivity index (χ3n) is 4.14. The van der Waals surface area contributed by atoms with Crippen molar-refractivity contribution in [3.8, 4) is 5.75 Å². The lowest BCUT2D eigenvalue weighted by Gasteiger charge is -2.25. The van der Waals surface area contributed by atoms with Gasteiger partial charge < -0.3 is 20.1 Å². The van der Waals surface area contributed by atoms with E-state index in [-0.39, 0.29) is 23.7 Å². The predicted molar refractivity (Wildman–Crippen MR) is 85.7 cm³/mol. The van der Waals surface area contributed by atoms with Gasteiger partial charge in [0.05, 0.1) is 13.2 Å². The molecular weight excluding hydrogens is 299 g/mol. The smallest absolute Gasteiger partial charge is 0.225 e. The summed E-state index contributed by atoms with van der Waals surface area (Å²) in [6.45, 7) is 1.86. The van der Waals surface area contributed by atoms with Gasteiger partial charge in [0, 0.05) is 25.6 Å². The molecule has 0 aliphatic heterocycles. The van der Waals surface area contributed by atoms with Gasteiger partial charge in [-0.2, -0.15) is 0 Å². The minimum atomic E-state index is -0.299. The standard InChI is InChI=1S/C17H25FN2O3/c1-22-10-8-20(17(21)13-2-5-15(19)12-13)9-11-23-16-6-3-14(18)4-7-16/h3-4,6-7,13,15H,2,5,8-12,19H2,1H3. The second-order valence-corrected chi connectivity index (χ2v) is 5.89. The first-order chi connectivity index (χ1) is 11.1. The number of carbonyl (C=O) groups excluding carboxylic acids is 1. The van der Waals surface area contributed by atoms with E-state index in [9.17, 15) is 9.18 Å². The van der Waals surface area contributed by atoms with Gasteiger partial charge in [-0.05, 0) is 43.5 Å². The molecule has 1 aromatic carbocycles. The molecule has 0 bridgehead atoms. The maximum atomic E-state index is 12.9. The molecule has 0 radical (unpaired) electrons. The molecule has 1 aromatic rings. The monoisotopic (exact) mass is 324 g/mol. The fourth-order valence-electron chi connectivity index (χ4n) is 2.84. The summed E-state index contributed by atoms with van der Waals surface area (Å²) in [4.78, 5) is 14.4. The van der Waals surface area contributed by atoms with Crippen LogP contribution in [0.5, 0.6) is 5.75 Å². The summed E-state index contributed by atoms with van der Waals surface area (Å²) < 4.78 is 23.5. The summed E-state index contributed by atoms with van der Waals surface area (Å²) in [7, 11) is 1.61. The van der Waals surface area contributed by atoms with Gasteiger partial charge in [-0.3, -0.25) is 4.79 Å². The van der Waals surface area contributed by atoms with E-state index in [2.05, 4.69) is 0 Å². The molecular formula is C17H25FN2O3. The Balaban J connectivity index is 1.84. The minimum absolute atomic E-state index is 0.00711. The molecule has 2 atom stereocenters. The molecule has 2 rings (SSSR count). The number of carbonyl (C=O) groups is 1. The molecule has 6 heteroatoms. The number of halogens is 1. The highest BCUT2D eigenvalue weighted by molar-refractivity contribution is 5.79. The lowest BCUT2D eigenvalue weighted by molar-refractivity contribution is -0.136. The highest BCUT2D eigenvalue weighted by atomic mass is 19.1. The van der Waals surface area contributed by atoms with E-state index < -0.39 is 0 Å². The van der Waals surface area contributed by atoms with E-state index in [1.807, 2.05) is 0 Å². The van der Waals surface area contributed by atoms with Crippen molar-refractivity contribution in [1.29, 1.82) is 0 Å². The zero-order valence-electron chi connectivity index (χ0n) is 13.5. The van der Waals surface area contributed by atoms with Gasteiger partial charge in [0.25, 0.3) is 0 Å². The van der Waals surface area contributed by atoms with E-state index in [0.717, 1.165) is 19.3 Å². The quantitative estimate of drug-likeness (QED) is 0.792. The fraction of sp³-hybridized carbons (Fsp3) is 0.588. The third-order valence-corrected chi connectivity index (χ3v) is 4.14. The summed E-state index contributed by atoms with van der Waals surface area (Å²) in [5, 5.41) is 0. The summed E-state index contributed by atoms with van der Waals surface area (Å²) in [6.07, 6.45) is 2.50. The van der Waals surface area contributed by atoms with E-state index in [4.69, 9.17) is 15.2 Å². The number of nitrogens with two attached hydrogens (primary N) is 1. The molecule has 5 nitrogen and oxygen atoms in total. The Morgan fingerprint density at radius 3 is 2.57 bits per heavy atom. The molecule has 1 aliphatic carbocycles. The molecule has 128 valence electrons. The number of hydrogen-bond donors (Lipinski definition) is 1. The van der Waals surface area contributed by atoms with Crippen LogP contribution in [-0.2, 0) is 9.53 Å². The lowest BCUT2D eigenvalue weighted by Crippen LogP contribution is -2.40. The predicted octanol–water partition coefficient (Wildman–Crippen LogP) is 1.81. The van der Waals surface area contributed by atoms with Gasteiger partial charge in [-0.1, -0.05) is 0 Å². The summed E-state index contributed by atoms with van der Waals surface area (Å²) in [5.41, 5.74) is 5.90. The molecule has 0 spiro atoms. The lowest BCUT2D eigenvalue weighted by atomic mass is 10.1. The topological polar surface area (TPSA) is 64.8 Å². The number of rotatable bonds is 8. The van der Waals surface area contributed by atoms with Gasteiger partial charge in [-0.15, -0.1) is 0 Å². The highest BCUT2D eigenvalue weighted by Gasteiger charge is 2.30. The van der Waals surface area contributed by atoms with Crippen molar-refractivity contribution < 1.29 is 18.7 Å². The van der Waals surface area contributed by atoms with Crippen LogP contribution >= 0.6 is 0 Å². The fourth-order valence-corrected chi connectivity index (χ4v) is 2.84. The number of nitrogens with zero attached hydrogens (tertiary/aromatic N) is 1. The molecule has 1 aliphatic rings. The Labute approximate surface area is 136 Å². The zero-order chi connectivity index (χ0) is 16.7. The van der Waals surface area contributed by atoms with E-state index in [1.165, 1.54) is 12.1 Å². The molecule has 1 amide bonds. The first-order valence-corrected chi connectivity index (χ1v) is 8.02. The first kappa shape index (κ1) is 17.7. The molecule has 0 aromatic heterocycles. The van der Waals surface area contributed by atoms with Crippen molar-refractivity contribution in [2.24, 2.45) is 11.7 Å². The van der Waals surface area contributed by atoms with Crippen LogP contribution in [0.3, 0.4) is 0 Å². The van der Waals surface area contributed by atoms with E-state index >= 15 is 0 Å². The van der Waals surface area contributed by atoms with Crippen molar-refractivity contribution >= 4 is 5.91 Å². The van der Waals surface area contributed by atoms with Crippen LogP contribution < -0.4 is 10.5 Å². The summed E-state index contributed by atoms with van der Waals surface area (Å²) in [5.74, 6) is 0.422. The van der Waals surface area contributed by atoms with Crippen molar-refractivity contribution in [3.63, 3.8) is 0 Å². The highest BCUT2D eigenvalue weighted by Crippen LogP contribution is 2.26. The molecule has 0 heterocycles. The van der Waals surface area contributed by atoms with Crippen LogP contribution in [0, 0.1) is 11.7 Å². The van der Waals surface area contributed by atoms with E-state index in [0.29, 0.717) is 32.1 Å².